The zero-order chi connectivity index (χ0) is 22.2. The number of nitrogens with zero attached hydrogens (tertiary/aromatic N) is 1. The first kappa shape index (κ1) is 22.2. The van der Waals surface area contributed by atoms with Crippen molar-refractivity contribution in [1.82, 2.24) is 10.3 Å². The monoisotopic (exact) mass is 481 g/mol. The Balaban J connectivity index is 1.61. The van der Waals surface area contributed by atoms with E-state index < -0.39 is 18.5 Å². The standard InChI is InChI=1S/C23H20BrN3O4/c1-15(16-7-3-2-4-8-16)26-22(29)19-9-5-6-10-20(19)27-21(28)14-31-23(30)17-11-18(24)13-25-12-17/h2-13,15H,14H2,1H3,(H,26,29)(H,27,28). The quantitative estimate of drug-likeness (QED) is 0.494. The van der Waals surface area contributed by atoms with Crippen molar-refractivity contribution in [3.05, 3.63) is 94.2 Å². The van der Waals surface area contributed by atoms with E-state index in [1.54, 1.807) is 30.3 Å². The number of rotatable bonds is 7. The van der Waals surface area contributed by atoms with E-state index in [4.69, 9.17) is 4.74 Å². The molecular formula is C23H20BrN3O4. The van der Waals surface area contributed by atoms with Gasteiger partial charge < -0.3 is 15.4 Å². The van der Waals surface area contributed by atoms with E-state index in [1.165, 1.54) is 12.4 Å². The number of carbonyl (C=O) groups is 3. The Morgan fingerprint density at radius 3 is 2.48 bits per heavy atom. The Morgan fingerprint density at radius 2 is 1.74 bits per heavy atom. The molecule has 0 saturated heterocycles. The predicted octanol–water partition coefficient (Wildman–Crippen LogP) is 4.13. The minimum absolute atomic E-state index is 0.211. The maximum Gasteiger partial charge on any atom is 0.340 e. The summed E-state index contributed by atoms with van der Waals surface area (Å²) in [6.07, 6.45) is 2.88. The molecule has 0 spiro atoms. The lowest BCUT2D eigenvalue weighted by molar-refractivity contribution is -0.119. The normalized spacial score (nSPS) is 11.3. The van der Waals surface area contributed by atoms with E-state index in [0.29, 0.717) is 15.7 Å². The third-order valence-electron chi connectivity index (χ3n) is 4.37. The van der Waals surface area contributed by atoms with Gasteiger partial charge in [-0.25, -0.2) is 4.79 Å². The van der Waals surface area contributed by atoms with Crippen molar-refractivity contribution >= 4 is 39.4 Å². The van der Waals surface area contributed by atoms with Crippen LogP contribution < -0.4 is 10.6 Å². The molecule has 0 saturated carbocycles. The minimum atomic E-state index is -0.674. The van der Waals surface area contributed by atoms with Crippen molar-refractivity contribution in [2.24, 2.45) is 0 Å². The van der Waals surface area contributed by atoms with E-state index in [-0.39, 0.29) is 17.5 Å². The smallest absolute Gasteiger partial charge is 0.340 e. The Labute approximate surface area is 188 Å². The summed E-state index contributed by atoms with van der Waals surface area (Å²) < 4.78 is 5.65. The summed E-state index contributed by atoms with van der Waals surface area (Å²) in [5.41, 5.74) is 1.81. The van der Waals surface area contributed by atoms with E-state index in [2.05, 4.69) is 31.5 Å². The number of amides is 2. The fourth-order valence-corrected chi connectivity index (χ4v) is 3.18. The molecule has 0 aliphatic rings. The number of pyridine rings is 1. The van der Waals surface area contributed by atoms with Gasteiger partial charge in [-0.05, 0) is 46.6 Å². The number of nitrogens with one attached hydrogen (secondary N) is 2. The van der Waals surface area contributed by atoms with Crippen LogP contribution >= 0.6 is 15.9 Å². The first-order valence-corrected chi connectivity index (χ1v) is 10.3. The van der Waals surface area contributed by atoms with Gasteiger partial charge in [-0.15, -0.1) is 0 Å². The number of benzene rings is 2. The van der Waals surface area contributed by atoms with Crippen LogP contribution in [-0.2, 0) is 9.53 Å². The van der Waals surface area contributed by atoms with Crippen LogP contribution in [-0.4, -0.2) is 29.4 Å². The maximum atomic E-state index is 12.8. The topological polar surface area (TPSA) is 97.4 Å². The number of para-hydroxylation sites is 1. The second kappa shape index (κ2) is 10.5. The molecule has 1 unspecified atom stereocenters. The number of aromatic nitrogens is 1. The molecule has 1 heterocycles. The lowest BCUT2D eigenvalue weighted by Gasteiger charge is -2.16. The molecule has 158 valence electrons. The third-order valence-corrected chi connectivity index (χ3v) is 4.80. The number of hydrogen-bond acceptors (Lipinski definition) is 5. The molecule has 3 rings (SSSR count). The highest BCUT2D eigenvalue weighted by molar-refractivity contribution is 9.10. The third kappa shape index (κ3) is 6.23. The number of ether oxygens (including phenoxy) is 1. The van der Waals surface area contributed by atoms with Crippen molar-refractivity contribution in [3.8, 4) is 0 Å². The van der Waals surface area contributed by atoms with Gasteiger partial charge in [-0.3, -0.25) is 14.6 Å². The van der Waals surface area contributed by atoms with E-state index >= 15 is 0 Å². The average molecular weight is 482 g/mol. The summed E-state index contributed by atoms with van der Waals surface area (Å²) in [6.45, 7) is 1.38. The van der Waals surface area contributed by atoms with Gasteiger partial charge in [-0.1, -0.05) is 42.5 Å². The molecule has 31 heavy (non-hydrogen) atoms. The summed E-state index contributed by atoms with van der Waals surface area (Å²) in [7, 11) is 0. The van der Waals surface area contributed by atoms with E-state index in [9.17, 15) is 14.4 Å². The highest BCUT2D eigenvalue weighted by Crippen LogP contribution is 2.18. The Bertz CT molecular complexity index is 1090. The molecule has 0 radical (unpaired) electrons. The number of hydrogen-bond donors (Lipinski definition) is 2. The minimum Gasteiger partial charge on any atom is -0.452 e. The first-order chi connectivity index (χ1) is 14.9. The van der Waals surface area contributed by atoms with Gasteiger partial charge in [0.25, 0.3) is 11.8 Å². The van der Waals surface area contributed by atoms with Crippen molar-refractivity contribution < 1.29 is 19.1 Å². The molecule has 3 aromatic rings. The van der Waals surface area contributed by atoms with Gasteiger partial charge in [0.1, 0.15) is 0 Å². The summed E-state index contributed by atoms with van der Waals surface area (Å²) in [5, 5.41) is 5.54. The van der Waals surface area contributed by atoms with E-state index in [1.807, 2.05) is 37.3 Å². The molecule has 1 aromatic heterocycles. The second-order valence-electron chi connectivity index (χ2n) is 6.67. The van der Waals surface area contributed by atoms with Crippen LogP contribution in [0.1, 0.15) is 39.2 Å². The van der Waals surface area contributed by atoms with Crippen LogP contribution in [0.2, 0.25) is 0 Å². The highest BCUT2D eigenvalue weighted by atomic mass is 79.9. The number of anilines is 1. The van der Waals surface area contributed by atoms with Crippen LogP contribution in [0.4, 0.5) is 5.69 Å². The molecule has 0 fully saturated rings. The molecule has 8 heteroatoms. The largest absolute Gasteiger partial charge is 0.452 e. The molecule has 2 N–H and O–H groups in total. The lowest BCUT2D eigenvalue weighted by Crippen LogP contribution is -2.28. The summed E-state index contributed by atoms with van der Waals surface area (Å²) >= 11 is 3.22. The summed E-state index contributed by atoms with van der Waals surface area (Å²) in [4.78, 5) is 41.0. The average Bonchev–Trinajstić information content (AvgIpc) is 2.78. The zero-order valence-electron chi connectivity index (χ0n) is 16.7. The Hall–Kier alpha value is -3.52. The molecule has 2 aromatic carbocycles. The number of esters is 1. The van der Waals surface area contributed by atoms with Crippen molar-refractivity contribution in [2.45, 2.75) is 13.0 Å². The van der Waals surface area contributed by atoms with Gasteiger partial charge in [0.15, 0.2) is 6.61 Å². The van der Waals surface area contributed by atoms with Crippen LogP contribution in [0.25, 0.3) is 0 Å². The Morgan fingerprint density at radius 1 is 1.03 bits per heavy atom. The summed E-state index contributed by atoms with van der Waals surface area (Å²) in [6, 6.07) is 17.5. The maximum absolute atomic E-state index is 12.8. The molecule has 0 aliphatic heterocycles. The summed E-state index contributed by atoms with van der Waals surface area (Å²) in [5.74, 6) is -1.57. The van der Waals surface area contributed by atoms with E-state index in [0.717, 1.165) is 5.56 Å². The van der Waals surface area contributed by atoms with Crippen molar-refractivity contribution in [1.29, 1.82) is 0 Å². The second-order valence-corrected chi connectivity index (χ2v) is 7.58. The van der Waals surface area contributed by atoms with Crippen LogP contribution in [0.15, 0.2) is 77.5 Å². The van der Waals surface area contributed by atoms with Gasteiger partial charge in [0.05, 0.1) is 22.9 Å². The van der Waals surface area contributed by atoms with Gasteiger partial charge in [0, 0.05) is 16.9 Å². The zero-order valence-corrected chi connectivity index (χ0v) is 18.3. The molecule has 2 amide bonds. The molecular weight excluding hydrogens is 462 g/mol. The predicted molar refractivity (Wildman–Crippen MR) is 120 cm³/mol. The van der Waals surface area contributed by atoms with Crippen molar-refractivity contribution in [3.63, 3.8) is 0 Å². The number of halogens is 1. The highest BCUT2D eigenvalue weighted by Gasteiger charge is 2.17. The first-order valence-electron chi connectivity index (χ1n) is 9.46. The van der Waals surface area contributed by atoms with Crippen molar-refractivity contribution in [2.75, 3.05) is 11.9 Å². The lowest BCUT2D eigenvalue weighted by atomic mass is 10.1. The molecule has 7 nitrogen and oxygen atoms in total. The molecule has 0 bridgehead atoms. The SMILES string of the molecule is CC(NC(=O)c1ccccc1NC(=O)COC(=O)c1cncc(Br)c1)c1ccccc1. The fourth-order valence-electron chi connectivity index (χ4n) is 2.81. The van der Waals surface area contributed by atoms with Gasteiger partial charge in [-0.2, -0.15) is 0 Å². The van der Waals surface area contributed by atoms with Gasteiger partial charge >= 0.3 is 5.97 Å². The Kier molecular flexibility index (Phi) is 7.50. The molecule has 0 aliphatic carbocycles. The number of carbonyl (C=O) groups excluding carboxylic acids is 3. The van der Waals surface area contributed by atoms with Gasteiger partial charge in [0.2, 0.25) is 0 Å². The fraction of sp³-hybridized carbons (Fsp3) is 0.130. The van der Waals surface area contributed by atoms with Crippen LogP contribution in [0.5, 0.6) is 0 Å². The van der Waals surface area contributed by atoms with Crippen LogP contribution in [0.3, 0.4) is 0 Å². The molecule has 1 atom stereocenters. The van der Waals surface area contributed by atoms with Crippen LogP contribution in [0, 0.1) is 0 Å².